The van der Waals surface area contributed by atoms with Gasteiger partial charge in [0.1, 0.15) is 5.69 Å². The summed E-state index contributed by atoms with van der Waals surface area (Å²) < 4.78 is 6.83. The van der Waals surface area contributed by atoms with Crippen LogP contribution in [-0.4, -0.2) is 30.9 Å². The van der Waals surface area contributed by atoms with Crippen molar-refractivity contribution in [2.75, 3.05) is 5.32 Å². The summed E-state index contributed by atoms with van der Waals surface area (Å²) in [5, 5.41) is 16.9. The Kier molecular flexibility index (Phi) is 3.60. The average Bonchev–Trinajstić information content (AvgIpc) is 3.36. The second-order valence-electron chi connectivity index (χ2n) is 4.70. The van der Waals surface area contributed by atoms with Crippen molar-refractivity contribution in [2.24, 2.45) is 0 Å². The summed E-state index contributed by atoms with van der Waals surface area (Å²) >= 11 is 1.31. The van der Waals surface area contributed by atoms with Crippen LogP contribution in [0.4, 0.5) is 5.13 Å². The lowest BCUT2D eigenvalue weighted by atomic mass is 10.3. The predicted octanol–water partition coefficient (Wildman–Crippen LogP) is 2.63. The van der Waals surface area contributed by atoms with Crippen molar-refractivity contribution in [2.45, 2.75) is 0 Å². The van der Waals surface area contributed by atoms with Gasteiger partial charge in [-0.2, -0.15) is 5.10 Å². The number of hydrogen-bond donors (Lipinski definition) is 1. The minimum absolute atomic E-state index is 0.195. The third-order valence-corrected chi connectivity index (χ3v) is 3.88. The third kappa shape index (κ3) is 2.79. The van der Waals surface area contributed by atoms with Gasteiger partial charge in [0.2, 0.25) is 0 Å². The Labute approximate surface area is 139 Å². The summed E-state index contributed by atoms with van der Waals surface area (Å²) in [5.74, 6) is 0.802. The molecule has 9 heteroatoms. The number of nitrogens with one attached hydrogen (secondary N) is 1. The zero-order chi connectivity index (χ0) is 16.4. The van der Waals surface area contributed by atoms with Crippen molar-refractivity contribution in [3.05, 3.63) is 60.1 Å². The topological polar surface area (TPSA) is 98.7 Å². The average molecular weight is 338 g/mol. The van der Waals surface area contributed by atoms with E-state index in [0.29, 0.717) is 22.4 Å². The number of aromatic nitrogens is 5. The van der Waals surface area contributed by atoms with E-state index in [1.807, 2.05) is 0 Å². The maximum Gasteiger partial charge on any atom is 0.277 e. The van der Waals surface area contributed by atoms with Gasteiger partial charge in [0.15, 0.2) is 22.4 Å². The molecule has 0 unspecified atom stereocenters. The van der Waals surface area contributed by atoms with E-state index in [1.54, 1.807) is 59.1 Å². The zero-order valence-corrected chi connectivity index (χ0v) is 13.0. The first-order chi connectivity index (χ1) is 11.8. The Morgan fingerprint density at radius 2 is 2.17 bits per heavy atom. The fraction of sp³-hybridized carbons (Fsp3) is 0. The number of carbonyl (C=O) groups excluding carboxylic acids is 1. The van der Waals surface area contributed by atoms with Gasteiger partial charge < -0.3 is 4.42 Å². The highest BCUT2D eigenvalue weighted by Crippen LogP contribution is 2.25. The van der Waals surface area contributed by atoms with E-state index in [-0.39, 0.29) is 11.6 Å². The summed E-state index contributed by atoms with van der Waals surface area (Å²) in [6.07, 6.45) is 4.96. The molecule has 4 aromatic heterocycles. The maximum absolute atomic E-state index is 12.2. The normalized spacial score (nSPS) is 10.7. The van der Waals surface area contributed by atoms with E-state index >= 15 is 0 Å². The minimum Gasteiger partial charge on any atom is -0.463 e. The Morgan fingerprint density at radius 3 is 2.88 bits per heavy atom. The molecule has 1 amide bonds. The first-order valence-electron chi connectivity index (χ1n) is 6.94. The van der Waals surface area contributed by atoms with E-state index < -0.39 is 0 Å². The lowest BCUT2D eigenvalue weighted by molar-refractivity contribution is 0.102. The molecule has 0 radical (unpaired) electrons. The van der Waals surface area contributed by atoms with Crippen LogP contribution in [0.25, 0.3) is 17.3 Å². The molecule has 0 saturated carbocycles. The monoisotopic (exact) mass is 338 g/mol. The summed E-state index contributed by atoms with van der Waals surface area (Å²) in [6, 6.07) is 8.62. The van der Waals surface area contributed by atoms with Gasteiger partial charge in [-0.15, -0.1) is 21.5 Å². The molecule has 0 fully saturated rings. The second kappa shape index (κ2) is 6.05. The standard InChI is InChI=1S/C15H10N6O2S/c22-14(10-4-5-13(20-19-10)21-7-2-6-16-21)18-15-17-11(9-24-15)12-3-1-8-23-12/h1-9H,(H,17,18,22). The Bertz CT molecular complexity index is 944. The van der Waals surface area contributed by atoms with Gasteiger partial charge in [0.25, 0.3) is 5.91 Å². The molecule has 118 valence electrons. The van der Waals surface area contributed by atoms with Gasteiger partial charge in [-0.25, -0.2) is 9.67 Å². The predicted molar refractivity (Wildman–Crippen MR) is 86.9 cm³/mol. The highest BCUT2D eigenvalue weighted by Gasteiger charge is 2.13. The molecule has 4 rings (SSSR count). The molecule has 4 aromatic rings. The maximum atomic E-state index is 12.2. The lowest BCUT2D eigenvalue weighted by Gasteiger charge is -2.02. The van der Waals surface area contributed by atoms with Gasteiger partial charge in [-0.05, 0) is 30.3 Å². The highest BCUT2D eigenvalue weighted by molar-refractivity contribution is 7.14. The van der Waals surface area contributed by atoms with E-state index in [0.717, 1.165) is 0 Å². The van der Waals surface area contributed by atoms with Crippen LogP contribution in [0.2, 0.25) is 0 Å². The van der Waals surface area contributed by atoms with Crippen LogP contribution in [0, 0.1) is 0 Å². The SMILES string of the molecule is O=C(Nc1nc(-c2ccco2)cs1)c1ccc(-n2cccn2)nn1. The van der Waals surface area contributed by atoms with Gasteiger partial charge in [-0.3, -0.25) is 10.1 Å². The van der Waals surface area contributed by atoms with Crippen LogP contribution < -0.4 is 5.32 Å². The van der Waals surface area contributed by atoms with Gasteiger partial charge >= 0.3 is 0 Å². The molecule has 8 nitrogen and oxygen atoms in total. The second-order valence-corrected chi connectivity index (χ2v) is 5.55. The fourth-order valence-corrected chi connectivity index (χ4v) is 2.70. The first kappa shape index (κ1) is 14.3. The lowest BCUT2D eigenvalue weighted by Crippen LogP contribution is -2.15. The quantitative estimate of drug-likeness (QED) is 0.614. The molecule has 24 heavy (non-hydrogen) atoms. The minimum atomic E-state index is -0.380. The van der Waals surface area contributed by atoms with Crippen LogP contribution >= 0.6 is 11.3 Å². The van der Waals surface area contributed by atoms with Crippen molar-refractivity contribution in [1.82, 2.24) is 25.0 Å². The van der Waals surface area contributed by atoms with Crippen molar-refractivity contribution >= 4 is 22.4 Å². The molecule has 0 saturated heterocycles. The highest BCUT2D eigenvalue weighted by atomic mass is 32.1. The molecule has 0 aliphatic carbocycles. The van der Waals surface area contributed by atoms with Crippen LogP contribution in [0.5, 0.6) is 0 Å². The first-order valence-corrected chi connectivity index (χ1v) is 7.82. The van der Waals surface area contributed by atoms with Crippen LogP contribution in [0.1, 0.15) is 10.5 Å². The van der Waals surface area contributed by atoms with Crippen LogP contribution in [-0.2, 0) is 0 Å². The number of hydrogen-bond acceptors (Lipinski definition) is 7. The number of thiazole rings is 1. The zero-order valence-electron chi connectivity index (χ0n) is 12.2. The number of nitrogens with zero attached hydrogens (tertiary/aromatic N) is 5. The summed E-state index contributed by atoms with van der Waals surface area (Å²) in [4.78, 5) is 16.5. The molecule has 0 aliphatic heterocycles. The summed E-state index contributed by atoms with van der Waals surface area (Å²) in [6.45, 7) is 0. The van der Waals surface area contributed by atoms with E-state index in [2.05, 4.69) is 25.6 Å². The van der Waals surface area contributed by atoms with E-state index in [4.69, 9.17) is 4.42 Å². The van der Waals surface area contributed by atoms with Gasteiger partial charge in [0, 0.05) is 17.8 Å². The van der Waals surface area contributed by atoms with Gasteiger partial charge in [0.05, 0.1) is 6.26 Å². The molecule has 4 heterocycles. The Balaban J connectivity index is 1.48. The smallest absolute Gasteiger partial charge is 0.277 e. The number of rotatable bonds is 4. The Morgan fingerprint density at radius 1 is 1.21 bits per heavy atom. The molecule has 1 N–H and O–H groups in total. The van der Waals surface area contributed by atoms with E-state index in [1.165, 1.54) is 11.3 Å². The van der Waals surface area contributed by atoms with Crippen LogP contribution in [0.15, 0.2) is 58.8 Å². The van der Waals surface area contributed by atoms with Gasteiger partial charge in [-0.1, -0.05) is 0 Å². The number of carbonyl (C=O) groups is 1. The number of furan rings is 1. The number of anilines is 1. The molecule has 0 bridgehead atoms. The summed E-state index contributed by atoms with van der Waals surface area (Å²) in [7, 11) is 0. The Hall–Kier alpha value is -3.33. The summed E-state index contributed by atoms with van der Waals surface area (Å²) in [5.41, 5.74) is 0.862. The van der Waals surface area contributed by atoms with Crippen molar-refractivity contribution < 1.29 is 9.21 Å². The van der Waals surface area contributed by atoms with Crippen LogP contribution in [0.3, 0.4) is 0 Å². The third-order valence-electron chi connectivity index (χ3n) is 3.12. The van der Waals surface area contributed by atoms with Crippen molar-refractivity contribution in [3.8, 4) is 17.3 Å². The van der Waals surface area contributed by atoms with Crippen molar-refractivity contribution in [1.29, 1.82) is 0 Å². The fourth-order valence-electron chi connectivity index (χ4n) is 2.00. The molecule has 0 atom stereocenters. The van der Waals surface area contributed by atoms with Crippen molar-refractivity contribution in [3.63, 3.8) is 0 Å². The molecule has 0 aliphatic rings. The molecule has 0 aromatic carbocycles. The molecular formula is C15H10N6O2S. The largest absolute Gasteiger partial charge is 0.463 e. The number of amides is 1. The van der Waals surface area contributed by atoms with E-state index in [9.17, 15) is 4.79 Å². The molecular weight excluding hydrogens is 328 g/mol. The molecule has 0 spiro atoms.